The van der Waals surface area contributed by atoms with Gasteiger partial charge in [-0.3, -0.25) is 0 Å². The van der Waals surface area contributed by atoms with Gasteiger partial charge in [0, 0.05) is 50.0 Å². The Morgan fingerprint density at radius 1 is 1.14 bits per heavy atom. The van der Waals surface area contributed by atoms with E-state index in [1.807, 2.05) is 0 Å². The largest absolute Gasteiger partial charge is 0.419 e. The number of anilines is 1. The predicted molar refractivity (Wildman–Crippen MR) is 130 cm³/mol. The minimum absolute atomic E-state index is 0.0524. The van der Waals surface area contributed by atoms with Crippen LogP contribution in [0.2, 0.25) is 0 Å². The minimum Gasteiger partial charge on any atom is -0.335 e. The summed E-state index contributed by atoms with van der Waals surface area (Å²) in [7, 11) is 1.60. The Labute approximate surface area is 210 Å². The van der Waals surface area contributed by atoms with Crippen molar-refractivity contribution in [3.8, 4) is 11.3 Å². The molecule has 1 saturated heterocycles. The summed E-state index contributed by atoms with van der Waals surface area (Å²) in [6.07, 6.45) is 3.35. The van der Waals surface area contributed by atoms with Crippen LogP contribution < -0.4 is 4.90 Å². The number of benzene rings is 1. The number of fused-ring (bicyclic) bond motifs is 1. The topological polar surface area (TPSA) is 50.1 Å². The van der Waals surface area contributed by atoms with Crippen molar-refractivity contribution in [3.63, 3.8) is 0 Å². The molecule has 1 aromatic carbocycles. The van der Waals surface area contributed by atoms with Gasteiger partial charge in [-0.05, 0) is 31.6 Å². The Kier molecular flexibility index (Phi) is 6.61. The zero-order valence-electron chi connectivity index (χ0n) is 20.2. The molecule has 1 unspecified atom stereocenters. The second kappa shape index (κ2) is 9.44. The molecule has 36 heavy (non-hydrogen) atoms. The molecule has 1 atom stereocenters. The summed E-state index contributed by atoms with van der Waals surface area (Å²) in [5.41, 5.74) is -2.34. The van der Waals surface area contributed by atoms with Crippen LogP contribution in [-0.2, 0) is 13.2 Å². The molecule has 2 aromatic heterocycles. The highest BCUT2D eigenvalue weighted by Gasteiger charge is 2.37. The lowest BCUT2D eigenvalue weighted by Gasteiger charge is -2.43. The number of halogens is 5. The van der Waals surface area contributed by atoms with Gasteiger partial charge < -0.3 is 4.90 Å². The van der Waals surface area contributed by atoms with Crippen molar-refractivity contribution < 1.29 is 22.0 Å². The summed E-state index contributed by atoms with van der Waals surface area (Å²) in [4.78, 5) is 11.4. The molecule has 0 amide bonds. The zero-order valence-corrected chi connectivity index (χ0v) is 21.1. The SMILES string of the molecule is CSN1CCN(c2ncc3c(-c4cc(C(F)(F)F)c(F)c(C)c4F)nn(C)c3n2)C(CC2CCC2)C1. The molecule has 5 rings (SSSR count). The summed E-state index contributed by atoms with van der Waals surface area (Å²) in [5, 5.41) is 4.57. The molecule has 1 saturated carbocycles. The van der Waals surface area contributed by atoms with Gasteiger partial charge in [0.15, 0.2) is 5.65 Å². The molecule has 194 valence electrons. The number of nitrogens with zero attached hydrogens (tertiary/aromatic N) is 6. The van der Waals surface area contributed by atoms with E-state index in [9.17, 15) is 22.0 Å². The van der Waals surface area contributed by atoms with Gasteiger partial charge in [0.1, 0.15) is 17.3 Å². The maximum absolute atomic E-state index is 15.0. The Hall–Kier alpha value is -2.47. The number of hydrogen-bond donors (Lipinski definition) is 0. The number of aromatic nitrogens is 4. The van der Waals surface area contributed by atoms with Crippen LogP contribution >= 0.6 is 11.9 Å². The van der Waals surface area contributed by atoms with Crippen molar-refractivity contribution in [3.05, 3.63) is 35.0 Å². The van der Waals surface area contributed by atoms with Crippen LogP contribution in [0.5, 0.6) is 0 Å². The summed E-state index contributed by atoms with van der Waals surface area (Å²) in [6.45, 7) is 3.46. The van der Waals surface area contributed by atoms with E-state index in [1.54, 1.807) is 19.0 Å². The maximum Gasteiger partial charge on any atom is 0.419 e. The normalized spacial score (nSPS) is 19.8. The number of hydrogen-bond acceptors (Lipinski definition) is 6. The van der Waals surface area contributed by atoms with Crippen LogP contribution in [0.4, 0.5) is 27.9 Å². The van der Waals surface area contributed by atoms with E-state index in [1.165, 1.54) is 30.1 Å². The van der Waals surface area contributed by atoms with Crippen molar-refractivity contribution >= 4 is 28.9 Å². The van der Waals surface area contributed by atoms with Gasteiger partial charge in [0.2, 0.25) is 5.95 Å². The first-order chi connectivity index (χ1) is 17.1. The van der Waals surface area contributed by atoms with Gasteiger partial charge in [-0.1, -0.05) is 31.2 Å². The monoisotopic (exact) mass is 526 g/mol. The van der Waals surface area contributed by atoms with Crippen LogP contribution in [0, 0.1) is 24.5 Å². The molecule has 1 aliphatic heterocycles. The summed E-state index contributed by atoms with van der Waals surface area (Å²) in [5.74, 6) is -1.49. The van der Waals surface area contributed by atoms with E-state index in [2.05, 4.69) is 25.5 Å². The number of aryl methyl sites for hydroxylation is 1. The molecule has 0 bridgehead atoms. The van der Waals surface area contributed by atoms with Crippen molar-refractivity contribution in [1.29, 1.82) is 0 Å². The summed E-state index contributed by atoms with van der Waals surface area (Å²) < 4.78 is 73.2. The lowest BCUT2D eigenvalue weighted by atomic mass is 9.80. The Bertz CT molecular complexity index is 1290. The molecule has 0 radical (unpaired) electrons. The van der Waals surface area contributed by atoms with Crippen molar-refractivity contribution in [1.82, 2.24) is 24.1 Å². The molecule has 0 spiro atoms. The van der Waals surface area contributed by atoms with Crippen molar-refractivity contribution in [2.75, 3.05) is 30.8 Å². The molecule has 2 aliphatic rings. The lowest BCUT2D eigenvalue weighted by molar-refractivity contribution is -0.140. The third-order valence-electron chi connectivity index (χ3n) is 7.34. The van der Waals surface area contributed by atoms with Gasteiger partial charge in [-0.2, -0.15) is 23.3 Å². The molecule has 0 N–H and O–H groups in total. The first kappa shape index (κ1) is 25.2. The van der Waals surface area contributed by atoms with Crippen LogP contribution in [0.1, 0.15) is 36.8 Å². The van der Waals surface area contributed by atoms with Gasteiger partial charge in [0.25, 0.3) is 0 Å². The van der Waals surface area contributed by atoms with E-state index in [4.69, 9.17) is 4.98 Å². The summed E-state index contributed by atoms with van der Waals surface area (Å²) in [6, 6.07) is 0.720. The average molecular weight is 527 g/mol. The fourth-order valence-corrected chi connectivity index (χ4v) is 5.67. The second-order valence-corrected chi connectivity index (χ2v) is 10.4. The van der Waals surface area contributed by atoms with E-state index in [0.29, 0.717) is 29.0 Å². The quantitative estimate of drug-likeness (QED) is 0.319. The first-order valence-electron chi connectivity index (χ1n) is 11.9. The van der Waals surface area contributed by atoms with E-state index >= 15 is 0 Å². The van der Waals surface area contributed by atoms with Crippen LogP contribution in [0.25, 0.3) is 22.3 Å². The van der Waals surface area contributed by atoms with Gasteiger partial charge in [-0.15, -0.1) is 0 Å². The molecule has 3 heterocycles. The molecule has 2 fully saturated rings. The highest BCUT2D eigenvalue weighted by atomic mass is 32.2. The van der Waals surface area contributed by atoms with Gasteiger partial charge >= 0.3 is 6.18 Å². The smallest absolute Gasteiger partial charge is 0.335 e. The Morgan fingerprint density at radius 2 is 1.89 bits per heavy atom. The average Bonchev–Trinajstić information content (AvgIpc) is 3.14. The van der Waals surface area contributed by atoms with Crippen LogP contribution in [-0.4, -0.2) is 56.0 Å². The van der Waals surface area contributed by atoms with E-state index in [0.717, 1.165) is 33.0 Å². The Balaban J connectivity index is 1.55. The molecule has 1 aliphatic carbocycles. The number of piperazine rings is 1. The van der Waals surface area contributed by atoms with Gasteiger partial charge in [-0.25, -0.2) is 22.8 Å². The fourth-order valence-electron chi connectivity index (χ4n) is 5.09. The standard InChI is InChI=1S/C24H27F5N6S/c1-13-19(25)16(10-18(20(13)26)24(27,28)29)21-17-11-30-23(31-22(17)33(2)32-21)35-8-7-34(36-3)12-15(35)9-14-5-4-6-14/h10-11,14-15H,4-9,12H2,1-3H3. The van der Waals surface area contributed by atoms with Crippen molar-refractivity contribution in [2.45, 2.75) is 44.8 Å². The fraction of sp³-hybridized carbons (Fsp3) is 0.542. The highest BCUT2D eigenvalue weighted by Crippen LogP contribution is 2.39. The van der Waals surface area contributed by atoms with Crippen LogP contribution in [0.15, 0.2) is 12.3 Å². The third-order valence-corrected chi connectivity index (χ3v) is 8.19. The lowest BCUT2D eigenvalue weighted by Crippen LogP contribution is -2.52. The Morgan fingerprint density at radius 3 is 2.53 bits per heavy atom. The van der Waals surface area contributed by atoms with Gasteiger partial charge in [0.05, 0.1) is 10.9 Å². The van der Waals surface area contributed by atoms with Crippen LogP contribution in [0.3, 0.4) is 0 Å². The van der Waals surface area contributed by atoms with E-state index in [-0.39, 0.29) is 11.7 Å². The minimum atomic E-state index is -4.97. The predicted octanol–water partition coefficient (Wildman–Crippen LogP) is 5.59. The van der Waals surface area contributed by atoms with Crippen molar-refractivity contribution in [2.24, 2.45) is 13.0 Å². The number of rotatable bonds is 5. The molecule has 12 heteroatoms. The zero-order chi connectivity index (χ0) is 25.8. The third kappa shape index (κ3) is 4.42. The second-order valence-electron chi connectivity index (χ2n) is 9.55. The number of alkyl halides is 3. The summed E-state index contributed by atoms with van der Waals surface area (Å²) >= 11 is 1.72. The molecule has 3 aromatic rings. The maximum atomic E-state index is 15.0. The molecular formula is C24H27F5N6S. The van der Waals surface area contributed by atoms with E-state index < -0.39 is 34.5 Å². The molecule has 6 nitrogen and oxygen atoms in total. The first-order valence-corrected chi connectivity index (χ1v) is 13.1. The highest BCUT2D eigenvalue weighted by molar-refractivity contribution is 7.96. The molecular weight excluding hydrogens is 499 g/mol.